The van der Waals surface area contributed by atoms with Gasteiger partial charge in [-0.1, -0.05) is 12.1 Å². The minimum absolute atomic E-state index is 0.187. The Bertz CT molecular complexity index is 1010. The molecule has 28 heavy (non-hydrogen) atoms. The molecule has 2 heterocycles. The molecule has 0 aliphatic heterocycles. The molecule has 0 saturated heterocycles. The number of anilines is 1. The van der Waals surface area contributed by atoms with Crippen molar-refractivity contribution in [1.82, 2.24) is 15.3 Å². The van der Waals surface area contributed by atoms with Crippen LogP contribution in [0.3, 0.4) is 0 Å². The molecule has 1 aromatic carbocycles. The van der Waals surface area contributed by atoms with Gasteiger partial charge in [0.2, 0.25) is 0 Å². The van der Waals surface area contributed by atoms with Crippen LogP contribution in [0.25, 0.3) is 0 Å². The summed E-state index contributed by atoms with van der Waals surface area (Å²) in [7, 11) is 0. The number of oxazole rings is 1. The lowest BCUT2D eigenvalue weighted by molar-refractivity contribution is 0.0938. The number of aryl methyl sites for hydroxylation is 3. The maximum Gasteiger partial charge on any atom is 0.277 e. The van der Waals surface area contributed by atoms with Crippen LogP contribution in [0, 0.1) is 20.8 Å². The second-order valence-corrected chi connectivity index (χ2v) is 6.66. The van der Waals surface area contributed by atoms with Crippen LogP contribution in [0.4, 0.5) is 5.69 Å². The van der Waals surface area contributed by atoms with Crippen molar-refractivity contribution in [3.8, 4) is 0 Å². The number of aromatic nitrogens is 2. The first kappa shape index (κ1) is 19.3. The topological polar surface area (TPSA) is 97.1 Å². The maximum absolute atomic E-state index is 12.6. The molecule has 0 fully saturated rings. The van der Waals surface area contributed by atoms with E-state index in [1.54, 1.807) is 31.3 Å². The molecule has 0 aliphatic rings. The SMILES string of the molecule is Cc1ccc(C(C)NC(=O)c2ccc(C)c(NC(=O)c3coc(C)n3)c2)cn1. The number of hydrogen-bond acceptors (Lipinski definition) is 5. The van der Waals surface area contributed by atoms with E-state index in [0.717, 1.165) is 16.8 Å². The third kappa shape index (κ3) is 4.43. The van der Waals surface area contributed by atoms with Crippen LogP contribution in [0.5, 0.6) is 0 Å². The standard InChI is InChI=1S/C21H22N4O3/c1-12-5-7-16(9-18(12)25-21(27)19-11-28-15(4)24-19)20(26)23-14(3)17-8-6-13(2)22-10-17/h5-11,14H,1-4H3,(H,23,26)(H,25,27). The molecule has 7 nitrogen and oxygen atoms in total. The van der Waals surface area contributed by atoms with Crippen molar-refractivity contribution < 1.29 is 14.0 Å². The molecule has 3 aromatic rings. The van der Waals surface area contributed by atoms with Crippen molar-refractivity contribution >= 4 is 17.5 Å². The summed E-state index contributed by atoms with van der Waals surface area (Å²) < 4.78 is 5.07. The highest BCUT2D eigenvalue weighted by molar-refractivity contribution is 6.04. The second-order valence-electron chi connectivity index (χ2n) is 6.66. The van der Waals surface area contributed by atoms with Gasteiger partial charge in [0.1, 0.15) is 6.26 Å². The molecular formula is C21H22N4O3. The Morgan fingerprint density at radius 1 is 1.07 bits per heavy atom. The number of carbonyl (C=O) groups excluding carboxylic acids is 2. The molecule has 3 rings (SSSR count). The van der Waals surface area contributed by atoms with Crippen molar-refractivity contribution in [2.24, 2.45) is 0 Å². The molecule has 2 amide bonds. The van der Waals surface area contributed by atoms with Gasteiger partial charge in [0.05, 0.1) is 6.04 Å². The average molecular weight is 378 g/mol. The Labute approximate surface area is 163 Å². The van der Waals surface area contributed by atoms with Crippen LogP contribution in [-0.2, 0) is 0 Å². The fourth-order valence-electron chi connectivity index (χ4n) is 2.65. The largest absolute Gasteiger partial charge is 0.448 e. The predicted octanol–water partition coefficient (Wildman–Crippen LogP) is 3.74. The van der Waals surface area contributed by atoms with E-state index in [1.807, 2.05) is 32.9 Å². The van der Waals surface area contributed by atoms with Crippen LogP contribution in [0.2, 0.25) is 0 Å². The van der Waals surface area contributed by atoms with Crippen molar-refractivity contribution in [3.05, 3.63) is 76.8 Å². The molecule has 0 aliphatic carbocycles. The number of nitrogens with zero attached hydrogens (tertiary/aromatic N) is 2. The fourth-order valence-corrected chi connectivity index (χ4v) is 2.65. The zero-order chi connectivity index (χ0) is 20.3. The van der Waals surface area contributed by atoms with Crippen molar-refractivity contribution in [2.75, 3.05) is 5.32 Å². The van der Waals surface area contributed by atoms with E-state index in [9.17, 15) is 9.59 Å². The monoisotopic (exact) mass is 378 g/mol. The summed E-state index contributed by atoms with van der Waals surface area (Å²) in [5.41, 5.74) is 3.85. The minimum atomic E-state index is -0.392. The van der Waals surface area contributed by atoms with Crippen molar-refractivity contribution in [1.29, 1.82) is 0 Å². The van der Waals surface area contributed by atoms with Crippen LogP contribution >= 0.6 is 0 Å². The van der Waals surface area contributed by atoms with E-state index in [-0.39, 0.29) is 17.6 Å². The van der Waals surface area contributed by atoms with E-state index in [4.69, 9.17) is 4.42 Å². The molecule has 0 spiro atoms. The van der Waals surface area contributed by atoms with Gasteiger partial charge < -0.3 is 15.1 Å². The fraction of sp³-hybridized carbons (Fsp3) is 0.238. The number of benzene rings is 1. The number of hydrogen-bond donors (Lipinski definition) is 2. The minimum Gasteiger partial charge on any atom is -0.448 e. The first-order valence-electron chi connectivity index (χ1n) is 8.91. The molecule has 1 atom stereocenters. The summed E-state index contributed by atoms with van der Waals surface area (Å²) in [6.45, 7) is 7.33. The zero-order valence-corrected chi connectivity index (χ0v) is 16.2. The average Bonchev–Trinajstić information content (AvgIpc) is 3.10. The number of amides is 2. The van der Waals surface area contributed by atoms with E-state index >= 15 is 0 Å². The Hall–Kier alpha value is -3.48. The van der Waals surface area contributed by atoms with Gasteiger partial charge >= 0.3 is 0 Å². The number of carbonyl (C=O) groups is 2. The summed E-state index contributed by atoms with van der Waals surface area (Å²) in [5.74, 6) is -0.216. The highest BCUT2D eigenvalue weighted by Crippen LogP contribution is 2.19. The Balaban J connectivity index is 1.73. The van der Waals surface area contributed by atoms with Crippen LogP contribution in [0.1, 0.15) is 56.5 Å². The Kier molecular flexibility index (Phi) is 5.54. The number of nitrogens with one attached hydrogen (secondary N) is 2. The van der Waals surface area contributed by atoms with Crippen molar-refractivity contribution in [3.63, 3.8) is 0 Å². The first-order valence-corrected chi connectivity index (χ1v) is 8.91. The second kappa shape index (κ2) is 8.04. The van der Waals surface area contributed by atoms with Crippen LogP contribution in [-0.4, -0.2) is 21.8 Å². The predicted molar refractivity (Wildman–Crippen MR) is 105 cm³/mol. The van der Waals surface area contributed by atoms with Gasteiger partial charge in [-0.2, -0.15) is 0 Å². The lowest BCUT2D eigenvalue weighted by atomic mass is 10.1. The molecule has 0 bridgehead atoms. The molecule has 2 N–H and O–H groups in total. The molecule has 2 aromatic heterocycles. The quantitative estimate of drug-likeness (QED) is 0.705. The smallest absolute Gasteiger partial charge is 0.277 e. The highest BCUT2D eigenvalue weighted by atomic mass is 16.3. The van der Waals surface area contributed by atoms with E-state index in [2.05, 4.69) is 20.6 Å². The number of pyridine rings is 1. The lowest BCUT2D eigenvalue weighted by Gasteiger charge is -2.15. The summed E-state index contributed by atoms with van der Waals surface area (Å²) in [4.78, 5) is 33.2. The van der Waals surface area contributed by atoms with Crippen LogP contribution in [0.15, 0.2) is 47.2 Å². The van der Waals surface area contributed by atoms with Crippen molar-refractivity contribution in [2.45, 2.75) is 33.7 Å². The van der Waals surface area contributed by atoms with E-state index in [1.165, 1.54) is 6.26 Å². The molecule has 0 radical (unpaired) electrons. The van der Waals surface area contributed by atoms with Gasteiger partial charge in [-0.3, -0.25) is 14.6 Å². The van der Waals surface area contributed by atoms with Gasteiger partial charge in [0, 0.05) is 30.1 Å². The van der Waals surface area contributed by atoms with Gasteiger partial charge in [0.25, 0.3) is 11.8 Å². The van der Waals surface area contributed by atoms with Gasteiger partial charge in [-0.25, -0.2) is 4.98 Å². The van der Waals surface area contributed by atoms with E-state index in [0.29, 0.717) is 17.1 Å². The van der Waals surface area contributed by atoms with Gasteiger partial charge in [-0.15, -0.1) is 0 Å². The third-order valence-electron chi connectivity index (χ3n) is 4.38. The Morgan fingerprint density at radius 3 is 2.50 bits per heavy atom. The normalized spacial score (nSPS) is 11.7. The maximum atomic E-state index is 12.6. The third-order valence-corrected chi connectivity index (χ3v) is 4.38. The molecule has 0 saturated carbocycles. The lowest BCUT2D eigenvalue weighted by Crippen LogP contribution is -2.27. The first-order chi connectivity index (χ1) is 13.3. The molecule has 144 valence electrons. The van der Waals surface area contributed by atoms with Gasteiger partial charge in [-0.05, 0) is 50.1 Å². The molecule has 7 heteroatoms. The summed E-state index contributed by atoms with van der Waals surface area (Å²) in [5, 5.41) is 5.72. The van der Waals surface area contributed by atoms with Crippen LogP contribution < -0.4 is 10.6 Å². The molecule has 1 unspecified atom stereocenters. The van der Waals surface area contributed by atoms with E-state index < -0.39 is 5.91 Å². The van der Waals surface area contributed by atoms with Gasteiger partial charge in [0.15, 0.2) is 11.6 Å². The summed E-state index contributed by atoms with van der Waals surface area (Å²) in [6.07, 6.45) is 3.05. The highest BCUT2D eigenvalue weighted by Gasteiger charge is 2.16. The summed E-state index contributed by atoms with van der Waals surface area (Å²) >= 11 is 0. The number of rotatable bonds is 5. The summed E-state index contributed by atoms with van der Waals surface area (Å²) in [6, 6.07) is 8.81. The Morgan fingerprint density at radius 2 is 1.86 bits per heavy atom. The zero-order valence-electron chi connectivity index (χ0n) is 16.2. The molecular weight excluding hydrogens is 356 g/mol.